The third-order valence-corrected chi connectivity index (χ3v) is 3.01. The summed E-state index contributed by atoms with van der Waals surface area (Å²) in [6.45, 7) is 0.0160. The van der Waals surface area contributed by atoms with Crippen molar-refractivity contribution < 1.29 is 9.90 Å². The smallest absolute Gasteiger partial charge is 0.323 e. The molecule has 15 heavy (non-hydrogen) atoms. The number of carbonyl (C=O) groups is 1. The maximum Gasteiger partial charge on any atom is 0.323 e. The van der Waals surface area contributed by atoms with Crippen molar-refractivity contribution in [3.05, 3.63) is 30.5 Å². The SMILES string of the molecule is CSc1ccc2c(ccn2CC(=O)O)c1. The van der Waals surface area contributed by atoms with Crippen molar-refractivity contribution in [2.45, 2.75) is 11.4 Å². The summed E-state index contributed by atoms with van der Waals surface area (Å²) >= 11 is 1.68. The first kappa shape index (κ1) is 10.1. The minimum atomic E-state index is -0.818. The lowest BCUT2D eigenvalue weighted by Crippen LogP contribution is -2.06. The van der Waals surface area contributed by atoms with E-state index in [1.165, 1.54) is 4.90 Å². The fourth-order valence-electron chi connectivity index (χ4n) is 1.59. The highest BCUT2D eigenvalue weighted by molar-refractivity contribution is 7.98. The number of hydrogen-bond acceptors (Lipinski definition) is 2. The predicted octanol–water partition coefficient (Wildman–Crippen LogP) is 2.45. The van der Waals surface area contributed by atoms with Gasteiger partial charge < -0.3 is 9.67 Å². The van der Waals surface area contributed by atoms with Crippen LogP contribution in [0.3, 0.4) is 0 Å². The Balaban J connectivity index is 2.47. The van der Waals surface area contributed by atoms with E-state index in [2.05, 4.69) is 6.07 Å². The third kappa shape index (κ3) is 1.99. The Kier molecular flexibility index (Phi) is 2.68. The van der Waals surface area contributed by atoms with E-state index in [4.69, 9.17) is 5.11 Å². The Morgan fingerprint density at radius 1 is 1.47 bits per heavy atom. The highest BCUT2D eigenvalue weighted by atomic mass is 32.2. The van der Waals surface area contributed by atoms with Gasteiger partial charge in [-0.25, -0.2) is 0 Å². The molecule has 4 heteroatoms. The van der Waals surface area contributed by atoms with Crippen molar-refractivity contribution in [1.29, 1.82) is 0 Å². The van der Waals surface area contributed by atoms with Gasteiger partial charge in [-0.15, -0.1) is 11.8 Å². The van der Waals surface area contributed by atoms with Crippen LogP contribution in [0.5, 0.6) is 0 Å². The molecule has 0 radical (unpaired) electrons. The van der Waals surface area contributed by atoms with Crippen LogP contribution >= 0.6 is 11.8 Å². The molecule has 0 bridgehead atoms. The lowest BCUT2D eigenvalue weighted by molar-refractivity contribution is -0.137. The highest BCUT2D eigenvalue weighted by Gasteiger charge is 2.04. The summed E-state index contributed by atoms with van der Waals surface area (Å²) in [5, 5.41) is 9.81. The Bertz CT molecular complexity index is 504. The second kappa shape index (κ2) is 3.98. The van der Waals surface area contributed by atoms with Gasteiger partial charge in [0.05, 0.1) is 0 Å². The number of fused-ring (bicyclic) bond motifs is 1. The van der Waals surface area contributed by atoms with E-state index >= 15 is 0 Å². The normalized spacial score (nSPS) is 10.7. The first-order valence-electron chi connectivity index (χ1n) is 4.55. The van der Waals surface area contributed by atoms with Crippen LogP contribution in [0.25, 0.3) is 10.9 Å². The monoisotopic (exact) mass is 221 g/mol. The zero-order valence-electron chi connectivity index (χ0n) is 8.30. The van der Waals surface area contributed by atoms with E-state index in [0.717, 1.165) is 10.9 Å². The quantitative estimate of drug-likeness (QED) is 0.809. The predicted molar refractivity (Wildman–Crippen MR) is 61.4 cm³/mol. The molecule has 1 aromatic carbocycles. The summed E-state index contributed by atoms with van der Waals surface area (Å²) in [5.74, 6) is -0.818. The summed E-state index contributed by atoms with van der Waals surface area (Å²) < 4.78 is 1.74. The van der Waals surface area contributed by atoms with E-state index in [1.807, 2.05) is 30.7 Å². The molecule has 0 unspecified atom stereocenters. The van der Waals surface area contributed by atoms with E-state index in [1.54, 1.807) is 16.3 Å². The molecule has 0 aliphatic heterocycles. The topological polar surface area (TPSA) is 42.2 Å². The van der Waals surface area contributed by atoms with Crippen molar-refractivity contribution in [3.63, 3.8) is 0 Å². The molecule has 0 amide bonds. The maximum absolute atomic E-state index is 10.6. The van der Waals surface area contributed by atoms with Crippen LogP contribution in [0.1, 0.15) is 0 Å². The zero-order valence-corrected chi connectivity index (χ0v) is 9.12. The molecule has 0 saturated heterocycles. The molecule has 0 spiro atoms. The van der Waals surface area contributed by atoms with Crippen LogP contribution in [0, 0.1) is 0 Å². The maximum atomic E-state index is 10.6. The molecule has 2 rings (SSSR count). The van der Waals surface area contributed by atoms with Crippen LogP contribution < -0.4 is 0 Å². The molecule has 78 valence electrons. The van der Waals surface area contributed by atoms with Gasteiger partial charge in [-0.1, -0.05) is 0 Å². The molecule has 2 aromatic rings. The van der Waals surface area contributed by atoms with Crippen molar-refractivity contribution >= 4 is 28.6 Å². The lowest BCUT2D eigenvalue weighted by atomic mass is 10.2. The average Bonchev–Trinajstić information content (AvgIpc) is 2.60. The number of benzene rings is 1. The van der Waals surface area contributed by atoms with Crippen molar-refractivity contribution in [1.82, 2.24) is 4.57 Å². The zero-order chi connectivity index (χ0) is 10.8. The fraction of sp³-hybridized carbons (Fsp3) is 0.182. The summed E-state index contributed by atoms with van der Waals surface area (Å²) in [5.41, 5.74) is 0.968. The second-order valence-corrected chi connectivity index (χ2v) is 4.14. The molecule has 1 N–H and O–H groups in total. The second-order valence-electron chi connectivity index (χ2n) is 3.26. The minimum absolute atomic E-state index is 0.0160. The number of hydrogen-bond donors (Lipinski definition) is 1. The van der Waals surface area contributed by atoms with Crippen molar-refractivity contribution in [2.75, 3.05) is 6.26 Å². The number of carboxylic acids is 1. The van der Waals surface area contributed by atoms with Gasteiger partial charge in [-0.2, -0.15) is 0 Å². The Hall–Kier alpha value is -1.42. The molecule has 0 saturated carbocycles. The molecule has 0 aliphatic rings. The molecule has 1 aromatic heterocycles. The number of carboxylic acid groups (broad SMARTS) is 1. The lowest BCUT2D eigenvalue weighted by Gasteiger charge is -2.01. The highest BCUT2D eigenvalue weighted by Crippen LogP contribution is 2.22. The van der Waals surface area contributed by atoms with Gasteiger partial charge >= 0.3 is 5.97 Å². The van der Waals surface area contributed by atoms with Crippen molar-refractivity contribution in [2.24, 2.45) is 0 Å². The Morgan fingerprint density at radius 3 is 2.93 bits per heavy atom. The standard InChI is InChI=1S/C11H11NO2S/c1-15-9-2-3-10-8(6-9)4-5-12(10)7-11(13)14/h2-6H,7H2,1H3,(H,13,14). The molecule has 0 fully saturated rings. The van der Waals surface area contributed by atoms with E-state index in [0.29, 0.717) is 0 Å². The largest absolute Gasteiger partial charge is 0.480 e. The Morgan fingerprint density at radius 2 is 2.27 bits per heavy atom. The van der Waals surface area contributed by atoms with Crippen LogP contribution in [-0.4, -0.2) is 21.9 Å². The number of rotatable bonds is 3. The summed E-state index contributed by atoms with van der Waals surface area (Å²) in [6.07, 6.45) is 3.83. The average molecular weight is 221 g/mol. The molecule has 1 heterocycles. The summed E-state index contributed by atoms with van der Waals surface area (Å²) in [7, 11) is 0. The van der Waals surface area contributed by atoms with Gasteiger partial charge in [0.2, 0.25) is 0 Å². The number of thioether (sulfide) groups is 1. The number of nitrogens with zero attached hydrogens (tertiary/aromatic N) is 1. The molecule has 3 nitrogen and oxygen atoms in total. The molecule has 0 atom stereocenters. The van der Waals surface area contributed by atoms with Gasteiger partial charge in [-0.3, -0.25) is 4.79 Å². The van der Waals surface area contributed by atoms with E-state index in [9.17, 15) is 4.79 Å². The molecular weight excluding hydrogens is 210 g/mol. The first-order valence-corrected chi connectivity index (χ1v) is 5.78. The fourth-order valence-corrected chi connectivity index (χ4v) is 2.04. The van der Waals surface area contributed by atoms with Crippen LogP contribution in [0.15, 0.2) is 35.4 Å². The van der Waals surface area contributed by atoms with Crippen LogP contribution in [0.2, 0.25) is 0 Å². The van der Waals surface area contributed by atoms with Crippen molar-refractivity contribution in [3.8, 4) is 0 Å². The Labute approximate surface area is 91.7 Å². The molecule has 0 aliphatic carbocycles. The van der Waals surface area contributed by atoms with E-state index < -0.39 is 5.97 Å². The summed E-state index contributed by atoms with van der Waals surface area (Å²) in [4.78, 5) is 11.8. The number of aromatic nitrogens is 1. The van der Waals surface area contributed by atoms with E-state index in [-0.39, 0.29) is 6.54 Å². The van der Waals surface area contributed by atoms with Gasteiger partial charge in [-0.05, 0) is 30.5 Å². The first-order chi connectivity index (χ1) is 7.20. The summed E-state index contributed by atoms with van der Waals surface area (Å²) in [6, 6.07) is 7.98. The van der Waals surface area contributed by atoms with Gasteiger partial charge in [0, 0.05) is 22.0 Å². The third-order valence-electron chi connectivity index (χ3n) is 2.28. The van der Waals surface area contributed by atoms with Crippen LogP contribution in [-0.2, 0) is 11.3 Å². The minimum Gasteiger partial charge on any atom is -0.480 e. The van der Waals surface area contributed by atoms with Crippen LogP contribution in [0.4, 0.5) is 0 Å². The van der Waals surface area contributed by atoms with Gasteiger partial charge in [0.1, 0.15) is 6.54 Å². The molecular formula is C11H11NO2S. The number of aliphatic carboxylic acids is 1. The van der Waals surface area contributed by atoms with Gasteiger partial charge in [0.15, 0.2) is 0 Å². The van der Waals surface area contributed by atoms with Gasteiger partial charge in [0.25, 0.3) is 0 Å².